The Morgan fingerprint density at radius 3 is 2.34 bits per heavy atom. The molecule has 1 aliphatic carbocycles. The third kappa shape index (κ3) is 7.78. The number of hydrogen-bond acceptors (Lipinski definition) is 3. The molecule has 1 aliphatic rings. The lowest BCUT2D eigenvalue weighted by Gasteiger charge is -2.35. The number of halogens is 2. The highest BCUT2D eigenvalue weighted by Gasteiger charge is 2.35. The SMILES string of the molecule is CC(C)S[C@H]1CCC[C@@H]1N[C@H](c1ccc(Cl)cc1)[C@H](O[Si]C(C)(C)C)c1cccc(Cl)c1. The second kappa shape index (κ2) is 11.8. The first-order chi connectivity index (χ1) is 15.1. The van der Waals surface area contributed by atoms with E-state index in [9.17, 15) is 0 Å². The van der Waals surface area contributed by atoms with Gasteiger partial charge in [-0.25, -0.2) is 0 Å². The van der Waals surface area contributed by atoms with Crippen LogP contribution in [0.25, 0.3) is 0 Å². The van der Waals surface area contributed by atoms with Gasteiger partial charge < -0.3 is 9.74 Å². The van der Waals surface area contributed by atoms with Crippen LogP contribution in [0.3, 0.4) is 0 Å². The molecule has 3 rings (SSSR count). The highest BCUT2D eigenvalue weighted by molar-refractivity contribution is 8.00. The van der Waals surface area contributed by atoms with E-state index in [4.69, 9.17) is 27.6 Å². The standard InChI is InChI=1S/C26H35Cl2NOSSi/c1-17(2)31-23-11-7-10-22(23)29-24(18-12-14-20(27)15-13-18)25(30-32-26(3,4)5)19-8-6-9-21(28)16-19/h6,8-9,12-17,22-25,29H,7,10-11H2,1-5H3/t22-,23-,24+,25+/m0/s1. The van der Waals surface area contributed by atoms with Gasteiger partial charge in [0.25, 0.3) is 0 Å². The summed E-state index contributed by atoms with van der Waals surface area (Å²) in [5, 5.41) is 6.85. The van der Waals surface area contributed by atoms with E-state index in [1.807, 2.05) is 30.3 Å². The normalized spacial score (nSPS) is 21.1. The van der Waals surface area contributed by atoms with E-state index >= 15 is 0 Å². The molecule has 1 N–H and O–H groups in total. The summed E-state index contributed by atoms with van der Waals surface area (Å²) in [6, 6.07) is 16.8. The number of rotatable bonds is 9. The molecule has 0 amide bonds. The van der Waals surface area contributed by atoms with Gasteiger partial charge >= 0.3 is 0 Å². The van der Waals surface area contributed by atoms with Crippen LogP contribution in [0.1, 0.15) is 77.2 Å². The summed E-state index contributed by atoms with van der Waals surface area (Å²) >= 11 is 14.7. The van der Waals surface area contributed by atoms with Crippen molar-refractivity contribution in [1.82, 2.24) is 5.32 Å². The van der Waals surface area contributed by atoms with Crippen molar-refractivity contribution < 1.29 is 4.43 Å². The zero-order valence-corrected chi connectivity index (χ0v) is 23.0. The fourth-order valence-electron chi connectivity index (χ4n) is 4.14. The monoisotopic (exact) mass is 507 g/mol. The number of nitrogens with one attached hydrogen (secondary N) is 1. The number of benzene rings is 2. The Kier molecular flexibility index (Phi) is 9.61. The van der Waals surface area contributed by atoms with Crippen LogP contribution in [0.5, 0.6) is 0 Å². The highest BCUT2D eigenvalue weighted by Crippen LogP contribution is 2.39. The predicted octanol–water partition coefficient (Wildman–Crippen LogP) is 8.28. The molecule has 32 heavy (non-hydrogen) atoms. The molecule has 6 heteroatoms. The summed E-state index contributed by atoms with van der Waals surface area (Å²) in [6.45, 7) is 11.2. The molecule has 174 valence electrons. The molecular formula is C26H35Cl2NOSSi. The van der Waals surface area contributed by atoms with Crippen molar-refractivity contribution in [1.29, 1.82) is 0 Å². The van der Waals surface area contributed by atoms with Crippen LogP contribution in [0.2, 0.25) is 15.1 Å². The molecule has 0 aromatic heterocycles. The lowest BCUT2D eigenvalue weighted by Crippen LogP contribution is -2.41. The third-order valence-corrected chi connectivity index (χ3v) is 8.42. The maximum atomic E-state index is 6.69. The Morgan fingerprint density at radius 1 is 1.00 bits per heavy atom. The van der Waals surface area contributed by atoms with Crippen molar-refractivity contribution in [3.63, 3.8) is 0 Å². The van der Waals surface area contributed by atoms with Gasteiger partial charge in [0.1, 0.15) is 0 Å². The molecule has 0 bridgehead atoms. The predicted molar refractivity (Wildman–Crippen MR) is 142 cm³/mol. The lowest BCUT2D eigenvalue weighted by atomic mass is 9.94. The Labute approximate surface area is 211 Å². The molecule has 0 spiro atoms. The van der Waals surface area contributed by atoms with E-state index < -0.39 is 0 Å². The fourth-order valence-corrected chi connectivity index (χ4v) is 6.62. The molecule has 0 aliphatic heterocycles. The maximum absolute atomic E-state index is 6.69. The van der Waals surface area contributed by atoms with Crippen LogP contribution in [0.4, 0.5) is 0 Å². The van der Waals surface area contributed by atoms with Crippen LogP contribution < -0.4 is 5.32 Å². The minimum absolute atomic E-state index is 0.0129. The zero-order chi connectivity index (χ0) is 23.3. The van der Waals surface area contributed by atoms with E-state index in [2.05, 4.69) is 69.9 Å². The van der Waals surface area contributed by atoms with E-state index in [1.165, 1.54) is 24.8 Å². The molecule has 1 fully saturated rings. The van der Waals surface area contributed by atoms with Crippen molar-refractivity contribution in [2.45, 2.75) is 87.6 Å². The summed E-state index contributed by atoms with van der Waals surface area (Å²) in [7, 11) is 0.369. The van der Waals surface area contributed by atoms with Gasteiger partial charge in [0.15, 0.2) is 0 Å². The van der Waals surface area contributed by atoms with Gasteiger partial charge in [0.2, 0.25) is 9.76 Å². The van der Waals surface area contributed by atoms with Gasteiger partial charge in [-0.15, -0.1) is 0 Å². The van der Waals surface area contributed by atoms with Crippen LogP contribution in [-0.4, -0.2) is 26.3 Å². The van der Waals surface area contributed by atoms with Crippen molar-refractivity contribution in [3.8, 4) is 0 Å². The Bertz CT molecular complexity index is 856. The molecule has 2 aromatic rings. The number of thioether (sulfide) groups is 1. The van der Waals surface area contributed by atoms with Crippen molar-refractivity contribution in [2.24, 2.45) is 0 Å². The topological polar surface area (TPSA) is 21.3 Å². The summed E-state index contributed by atoms with van der Waals surface area (Å²) in [5.41, 5.74) is 2.30. The quantitative estimate of drug-likeness (QED) is 0.344. The molecule has 1 saturated carbocycles. The van der Waals surface area contributed by atoms with Crippen molar-refractivity contribution in [3.05, 3.63) is 69.7 Å². The summed E-state index contributed by atoms with van der Waals surface area (Å²) in [4.78, 5) is 0. The first-order valence-electron chi connectivity index (χ1n) is 11.5. The fraction of sp³-hybridized carbons (Fsp3) is 0.538. The molecular weight excluding hydrogens is 473 g/mol. The van der Waals surface area contributed by atoms with Crippen molar-refractivity contribution in [2.75, 3.05) is 0 Å². The first kappa shape index (κ1) is 26.1. The highest BCUT2D eigenvalue weighted by atomic mass is 35.5. The van der Waals surface area contributed by atoms with Gasteiger partial charge in [0.05, 0.1) is 12.1 Å². The van der Waals surface area contributed by atoms with Gasteiger partial charge in [-0.05, 0) is 58.5 Å². The molecule has 2 aromatic carbocycles. The molecule has 0 saturated heterocycles. The average Bonchev–Trinajstić information content (AvgIpc) is 3.13. The largest absolute Gasteiger partial charge is 0.408 e. The van der Waals surface area contributed by atoms with Crippen LogP contribution in [0, 0.1) is 0 Å². The Hall–Kier alpha value is -0.493. The minimum atomic E-state index is -0.141. The van der Waals surface area contributed by atoms with Gasteiger partial charge in [-0.3, -0.25) is 0 Å². The van der Waals surface area contributed by atoms with Crippen LogP contribution in [0.15, 0.2) is 48.5 Å². The van der Waals surface area contributed by atoms with E-state index in [0.717, 1.165) is 15.6 Å². The first-order valence-corrected chi connectivity index (χ1v) is 14.1. The second-order valence-corrected chi connectivity index (χ2v) is 14.5. The molecule has 2 radical (unpaired) electrons. The van der Waals surface area contributed by atoms with Crippen LogP contribution in [-0.2, 0) is 4.43 Å². The Morgan fingerprint density at radius 2 is 1.72 bits per heavy atom. The maximum Gasteiger partial charge on any atom is 0.236 e. The van der Waals surface area contributed by atoms with Crippen molar-refractivity contribution >= 4 is 44.7 Å². The lowest BCUT2D eigenvalue weighted by molar-refractivity contribution is 0.148. The molecule has 4 atom stereocenters. The second-order valence-electron chi connectivity index (χ2n) is 9.90. The van der Waals surface area contributed by atoms with E-state index in [-0.39, 0.29) is 17.2 Å². The molecule has 2 nitrogen and oxygen atoms in total. The summed E-state index contributed by atoms with van der Waals surface area (Å²) < 4.78 is 6.69. The van der Waals surface area contributed by atoms with E-state index in [1.54, 1.807) is 0 Å². The third-order valence-electron chi connectivity index (χ3n) is 5.49. The summed E-state index contributed by atoms with van der Waals surface area (Å²) in [6.07, 6.45) is 3.58. The minimum Gasteiger partial charge on any atom is -0.408 e. The van der Waals surface area contributed by atoms with Gasteiger partial charge in [-0.1, -0.05) is 88.5 Å². The molecule has 0 unspecified atom stereocenters. The van der Waals surface area contributed by atoms with Gasteiger partial charge in [0, 0.05) is 21.3 Å². The van der Waals surface area contributed by atoms with Gasteiger partial charge in [-0.2, -0.15) is 11.8 Å². The number of hydrogen-bond donors (Lipinski definition) is 1. The van der Waals surface area contributed by atoms with E-state index in [0.29, 0.717) is 26.3 Å². The van der Waals surface area contributed by atoms with Crippen LogP contribution >= 0.6 is 35.0 Å². The smallest absolute Gasteiger partial charge is 0.236 e. The Balaban J connectivity index is 1.97. The average molecular weight is 509 g/mol. The molecule has 0 heterocycles. The summed E-state index contributed by atoms with van der Waals surface area (Å²) in [5.74, 6) is 0. The zero-order valence-electron chi connectivity index (χ0n) is 19.7.